The van der Waals surface area contributed by atoms with E-state index >= 15 is 0 Å². The number of hydrogen-bond acceptors (Lipinski definition) is 3. The highest BCUT2D eigenvalue weighted by atomic mass is 16.5. The molecule has 2 aliphatic rings. The van der Waals surface area contributed by atoms with Gasteiger partial charge in [-0.3, -0.25) is 11.3 Å². The van der Waals surface area contributed by atoms with Gasteiger partial charge in [0.2, 0.25) is 0 Å². The van der Waals surface area contributed by atoms with E-state index in [2.05, 4.69) is 12.3 Å². The van der Waals surface area contributed by atoms with Crippen molar-refractivity contribution in [3.05, 3.63) is 0 Å². The second-order valence-corrected chi connectivity index (χ2v) is 4.41. The van der Waals surface area contributed by atoms with Gasteiger partial charge in [-0.1, -0.05) is 6.42 Å². The third kappa shape index (κ3) is 1.73. The van der Waals surface area contributed by atoms with Gasteiger partial charge in [0.25, 0.3) is 0 Å². The van der Waals surface area contributed by atoms with Gasteiger partial charge in [-0.15, -0.1) is 0 Å². The maximum absolute atomic E-state index is 5.62. The summed E-state index contributed by atoms with van der Waals surface area (Å²) in [6, 6.07) is 0.492. The van der Waals surface area contributed by atoms with Gasteiger partial charge in [0, 0.05) is 18.6 Å². The third-order valence-corrected chi connectivity index (χ3v) is 3.75. The molecule has 1 saturated heterocycles. The lowest BCUT2D eigenvalue weighted by molar-refractivity contribution is 0.0749. The Bertz CT molecular complexity index is 170. The topological polar surface area (TPSA) is 47.3 Å². The molecule has 1 aliphatic carbocycles. The number of hydrazine groups is 1. The van der Waals surface area contributed by atoms with Crippen molar-refractivity contribution in [2.75, 3.05) is 6.61 Å². The fourth-order valence-corrected chi connectivity index (χ4v) is 2.63. The minimum atomic E-state index is 0.390. The minimum absolute atomic E-state index is 0.390. The van der Waals surface area contributed by atoms with E-state index < -0.39 is 0 Å². The maximum atomic E-state index is 5.62. The first-order valence-electron chi connectivity index (χ1n) is 5.40. The first kappa shape index (κ1) is 9.44. The van der Waals surface area contributed by atoms with Gasteiger partial charge in [-0.05, 0) is 32.1 Å². The van der Waals surface area contributed by atoms with Crippen molar-refractivity contribution in [3.8, 4) is 0 Å². The summed E-state index contributed by atoms with van der Waals surface area (Å²) in [7, 11) is 0. The van der Waals surface area contributed by atoms with Gasteiger partial charge in [-0.25, -0.2) is 0 Å². The summed E-state index contributed by atoms with van der Waals surface area (Å²) in [5.74, 6) is 7.06. The average Bonchev–Trinajstić information content (AvgIpc) is 2.43. The van der Waals surface area contributed by atoms with Crippen molar-refractivity contribution in [1.29, 1.82) is 0 Å². The zero-order chi connectivity index (χ0) is 9.26. The van der Waals surface area contributed by atoms with Crippen LogP contribution >= 0.6 is 0 Å². The van der Waals surface area contributed by atoms with Crippen molar-refractivity contribution >= 4 is 0 Å². The second-order valence-electron chi connectivity index (χ2n) is 4.41. The van der Waals surface area contributed by atoms with Crippen molar-refractivity contribution in [2.45, 2.75) is 44.8 Å². The van der Waals surface area contributed by atoms with E-state index in [0.29, 0.717) is 18.1 Å². The molecule has 76 valence electrons. The van der Waals surface area contributed by atoms with Gasteiger partial charge in [0.1, 0.15) is 0 Å². The molecule has 3 N–H and O–H groups in total. The standard InChI is InChI=1S/C10H20N2O/c1-7-9(5-6-13-7)10(12-11)8-3-2-4-8/h7-10,12H,2-6,11H2,1H3. The molecule has 0 aromatic heterocycles. The van der Waals surface area contributed by atoms with Crippen LogP contribution in [-0.2, 0) is 4.74 Å². The highest BCUT2D eigenvalue weighted by Crippen LogP contribution is 2.36. The third-order valence-electron chi connectivity index (χ3n) is 3.75. The summed E-state index contributed by atoms with van der Waals surface area (Å²) < 4.78 is 5.57. The summed E-state index contributed by atoms with van der Waals surface area (Å²) in [5.41, 5.74) is 3.00. The molecule has 0 bridgehead atoms. The Morgan fingerprint density at radius 3 is 2.54 bits per heavy atom. The fourth-order valence-electron chi connectivity index (χ4n) is 2.63. The Balaban J connectivity index is 1.94. The number of rotatable bonds is 3. The summed E-state index contributed by atoms with van der Waals surface area (Å²) >= 11 is 0. The van der Waals surface area contributed by atoms with Crippen LogP contribution in [0.3, 0.4) is 0 Å². The lowest BCUT2D eigenvalue weighted by Crippen LogP contribution is -2.50. The Morgan fingerprint density at radius 1 is 1.38 bits per heavy atom. The predicted octanol–water partition coefficient (Wildman–Crippen LogP) is 1.04. The molecule has 0 aromatic rings. The van der Waals surface area contributed by atoms with Crippen LogP contribution in [0.2, 0.25) is 0 Å². The lowest BCUT2D eigenvalue weighted by atomic mass is 9.73. The van der Waals surface area contributed by atoms with E-state index in [9.17, 15) is 0 Å². The Kier molecular flexibility index (Phi) is 2.86. The summed E-state index contributed by atoms with van der Waals surface area (Å²) in [6.07, 6.45) is 5.63. The van der Waals surface area contributed by atoms with Crippen LogP contribution in [-0.4, -0.2) is 18.8 Å². The van der Waals surface area contributed by atoms with Crippen LogP contribution < -0.4 is 11.3 Å². The van der Waals surface area contributed by atoms with E-state index in [-0.39, 0.29) is 0 Å². The van der Waals surface area contributed by atoms with Crippen molar-refractivity contribution in [3.63, 3.8) is 0 Å². The zero-order valence-corrected chi connectivity index (χ0v) is 8.33. The van der Waals surface area contributed by atoms with E-state index in [1.54, 1.807) is 0 Å². The summed E-state index contributed by atoms with van der Waals surface area (Å²) in [5, 5.41) is 0. The molecular weight excluding hydrogens is 164 g/mol. The number of nitrogens with one attached hydrogen (secondary N) is 1. The second kappa shape index (κ2) is 3.95. The molecule has 2 rings (SSSR count). The van der Waals surface area contributed by atoms with E-state index in [1.807, 2.05) is 0 Å². The predicted molar refractivity (Wildman–Crippen MR) is 52.0 cm³/mol. The molecule has 1 heterocycles. The van der Waals surface area contributed by atoms with E-state index in [1.165, 1.54) is 25.7 Å². The van der Waals surface area contributed by atoms with Crippen LogP contribution in [0.4, 0.5) is 0 Å². The van der Waals surface area contributed by atoms with Crippen LogP contribution in [0.15, 0.2) is 0 Å². The highest BCUT2D eigenvalue weighted by molar-refractivity contribution is 4.90. The van der Waals surface area contributed by atoms with Gasteiger partial charge in [-0.2, -0.15) is 0 Å². The van der Waals surface area contributed by atoms with Gasteiger partial charge in [0.15, 0.2) is 0 Å². The summed E-state index contributed by atoms with van der Waals surface area (Å²) in [4.78, 5) is 0. The van der Waals surface area contributed by atoms with Crippen LogP contribution in [0, 0.1) is 11.8 Å². The molecule has 3 heteroatoms. The van der Waals surface area contributed by atoms with Crippen LogP contribution in [0.25, 0.3) is 0 Å². The largest absolute Gasteiger partial charge is 0.378 e. The van der Waals surface area contributed by atoms with Gasteiger partial charge in [0.05, 0.1) is 6.10 Å². The fraction of sp³-hybridized carbons (Fsp3) is 1.00. The number of nitrogens with two attached hydrogens (primary N) is 1. The SMILES string of the molecule is CC1OCCC1C(NN)C1CCC1. The number of hydrogen-bond donors (Lipinski definition) is 2. The van der Waals surface area contributed by atoms with Crippen LogP contribution in [0.1, 0.15) is 32.6 Å². The number of ether oxygens (including phenoxy) is 1. The maximum Gasteiger partial charge on any atom is 0.0591 e. The van der Waals surface area contributed by atoms with Crippen molar-refractivity contribution < 1.29 is 4.74 Å². The van der Waals surface area contributed by atoms with Gasteiger partial charge >= 0.3 is 0 Å². The molecule has 0 aromatic carbocycles. The first-order valence-corrected chi connectivity index (χ1v) is 5.40. The monoisotopic (exact) mass is 184 g/mol. The summed E-state index contributed by atoms with van der Waals surface area (Å²) in [6.45, 7) is 3.08. The Morgan fingerprint density at radius 2 is 2.15 bits per heavy atom. The molecule has 0 spiro atoms. The van der Waals surface area contributed by atoms with Crippen molar-refractivity contribution in [2.24, 2.45) is 17.7 Å². The van der Waals surface area contributed by atoms with Gasteiger partial charge < -0.3 is 4.74 Å². The van der Waals surface area contributed by atoms with Crippen molar-refractivity contribution in [1.82, 2.24) is 5.43 Å². The first-order chi connectivity index (χ1) is 6.33. The zero-order valence-electron chi connectivity index (χ0n) is 8.33. The van der Waals surface area contributed by atoms with Crippen LogP contribution in [0.5, 0.6) is 0 Å². The molecule has 13 heavy (non-hydrogen) atoms. The lowest BCUT2D eigenvalue weighted by Gasteiger charge is -2.37. The Labute approximate surface area is 80.0 Å². The molecule has 3 nitrogen and oxygen atoms in total. The molecule has 0 amide bonds. The quantitative estimate of drug-likeness (QED) is 0.509. The average molecular weight is 184 g/mol. The van der Waals surface area contributed by atoms with E-state index in [0.717, 1.165) is 12.5 Å². The molecule has 0 radical (unpaired) electrons. The molecule has 1 aliphatic heterocycles. The molecule has 3 unspecified atom stereocenters. The smallest absolute Gasteiger partial charge is 0.0591 e. The minimum Gasteiger partial charge on any atom is -0.378 e. The Hall–Kier alpha value is -0.120. The normalized spacial score (nSPS) is 37.4. The molecular formula is C10H20N2O. The highest BCUT2D eigenvalue weighted by Gasteiger charge is 2.37. The molecule has 3 atom stereocenters. The molecule has 2 fully saturated rings. The van der Waals surface area contributed by atoms with E-state index in [4.69, 9.17) is 10.6 Å². The molecule has 1 saturated carbocycles.